The highest BCUT2D eigenvalue weighted by molar-refractivity contribution is 5.98. The Morgan fingerprint density at radius 1 is 1.04 bits per heavy atom. The molecule has 1 atom stereocenters. The zero-order chi connectivity index (χ0) is 18.5. The van der Waals surface area contributed by atoms with Gasteiger partial charge in [0, 0.05) is 31.3 Å². The van der Waals surface area contributed by atoms with Crippen molar-refractivity contribution < 1.29 is 4.79 Å². The minimum Gasteiger partial charge on any atom is -0.344 e. The Morgan fingerprint density at radius 2 is 1.64 bits per heavy atom. The number of hydrogen-bond acceptors (Lipinski definition) is 4. The van der Waals surface area contributed by atoms with Crippen LogP contribution < -0.4 is 16.6 Å². The van der Waals surface area contributed by atoms with Crippen molar-refractivity contribution in [2.24, 2.45) is 14.1 Å². The minimum absolute atomic E-state index is 0.0999. The van der Waals surface area contributed by atoms with Crippen LogP contribution >= 0.6 is 0 Å². The summed E-state index contributed by atoms with van der Waals surface area (Å²) in [6.07, 6.45) is 0. The van der Waals surface area contributed by atoms with Crippen LogP contribution in [0.2, 0.25) is 0 Å². The van der Waals surface area contributed by atoms with E-state index in [9.17, 15) is 14.4 Å². The quantitative estimate of drug-likeness (QED) is 0.906. The molecule has 0 radical (unpaired) electrons. The predicted molar refractivity (Wildman–Crippen MR) is 96.9 cm³/mol. The van der Waals surface area contributed by atoms with Crippen LogP contribution in [0.3, 0.4) is 0 Å². The van der Waals surface area contributed by atoms with Crippen LogP contribution in [0.25, 0.3) is 0 Å². The van der Waals surface area contributed by atoms with E-state index in [1.807, 2.05) is 31.2 Å². The Labute approximate surface area is 145 Å². The highest BCUT2D eigenvalue weighted by atomic mass is 16.2. The predicted octanol–water partition coefficient (Wildman–Crippen LogP) is 1.81. The van der Waals surface area contributed by atoms with Crippen LogP contribution in [0.1, 0.15) is 36.5 Å². The topological polar surface area (TPSA) is 73.1 Å². The summed E-state index contributed by atoms with van der Waals surface area (Å²) in [6.45, 7) is 5.28. The maximum Gasteiger partial charge on any atom is 0.332 e. The van der Waals surface area contributed by atoms with E-state index < -0.39 is 11.6 Å². The van der Waals surface area contributed by atoms with E-state index in [4.69, 9.17) is 0 Å². The second-order valence-electron chi connectivity index (χ2n) is 6.53. The smallest absolute Gasteiger partial charge is 0.332 e. The van der Waals surface area contributed by atoms with Crippen molar-refractivity contribution in [2.75, 3.05) is 5.32 Å². The number of ketones is 1. The van der Waals surface area contributed by atoms with Crippen molar-refractivity contribution >= 4 is 11.6 Å². The number of rotatable bonds is 2. The van der Waals surface area contributed by atoms with Crippen molar-refractivity contribution in [3.8, 4) is 0 Å². The average molecular weight is 339 g/mol. The number of Topliss-reactive ketones (excluding diaryl/α,β-unsaturated/α-hetero) is 1. The fourth-order valence-electron chi connectivity index (χ4n) is 3.45. The van der Waals surface area contributed by atoms with E-state index >= 15 is 0 Å². The lowest BCUT2D eigenvalue weighted by molar-refractivity contribution is -0.113. The molecule has 6 nitrogen and oxygen atoms in total. The van der Waals surface area contributed by atoms with Gasteiger partial charge in [0.2, 0.25) is 0 Å². The summed E-state index contributed by atoms with van der Waals surface area (Å²) in [4.78, 5) is 37.5. The van der Waals surface area contributed by atoms with Gasteiger partial charge in [-0.2, -0.15) is 0 Å². The van der Waals surface area contributed by atoms with Gasteiger partial charge in [-0.05, 0) is 26.3 Å². The standard InChI is InChI=1S/C19H21N3O3/c1-10-6-8-13(9-7-10)15-14(12(3)23)11(2)20-17-16(15)18(24)22(5)19(25)21(17)4/h6-9,15,20H,1-5H3. The molecule has 2 aromatic rings. The van der Waals surface area contributed by atoms with Crippen LogP contribution in [0.5, 0.6) is 0 Å². The van der Waals surface area contributed by atoms with Gasteiger partial charge in [-0.25, -0.2) is 4.79 Å². The van der Waals surface area contributed by atoms with E-state index in [2.05, 4.69) is 5.32 Å². The SMILES string of the molecule is CC(=O)C1=C(C)Nc2c(c(=O)n(C)c(=O)n2C)C1c1ccc(C)cc1. The van der Waals surface area contributed by atoms with E-state index in [1.165, 1.54) is 18.5 Å². The number of nitrogens with one attached hydrogen (secondary N) is 1. The van der Waals surface area contributed by atoms with Crippen molar-refractivity contribution in [3.63, 3.8) is 0 Å². The average Bonchev–Trinajstić information content (AvgIpc) is 2.57. The van der Waals surface area contributed by atoms with Gasteiger partial charge in [-0.15, -0.1) is 0 Å². The highest BCUT2D eigenvalue weighted by Crippen LogP contribution is 2.39. The van der Waals surface area contributed by atoms with Crippen LogP contribution in [0, 0.1) is 6.92 Å². The van der Waals surface area contributed by atoms with Gasteiger partial charge in [-0.3, -0.25) is 18.7 Å². The van der Waals surface area contributed by atoms with Crippen LogP contribution in [0.4, 0.5) is 5.82 Å². The number of aryl methyl sites for hydroxylation is 1. The maximum atomic E-state index is 12.9. The monoisotopic (exact) mass is 339 g/mol. The second-order valence-corrected chi connectivity index (χ2v) is 6.53. The first-order chi connectivity index (χ1) is 11.7. The molecule has 2 heterocycles. The summed E-state index contributed by atoms with van der Waals surface area (Å²) in [5.41, 5.74) is 2.79. The van der Waals surface area contributed by atoms with Crippen LogP contribution in [-0.2, 0) is 18.9 Å². The van der Waals surface area contributed by atoms with Crippen LogP contribution in [0.15, 0.2) is 45.1 Å². The van der Waals surface area contributed by atoms with Gasteiger partial charge in [-0.1, -0.05) is 29.8 Å². The zero-order valence-electron chi connectivity index (χ0n) is 15.0. The Morgan fingerprint density at radius 3 is 2.20 bits per heavy atom. The first-order valence-corrected chi connectivity index (χ1v) is 8.09. The molecule has 1 aliphatic rings. The number of nitrogens with zero attached hydrogens (tertiary/aromatic N) is 2. The lowest BCUT2D eigenvalue weighted by atomic mass is 9.80. The Hall–Kier alpha value is -2.89. The molecule has 1 aliphatic heterocycles. The summed E-state index contributed by atoms with van der Waals surface area (Å²) >= 11 is 0. The van der Waals surface area contributed by atoms with Gasteiger partial charge in [0.1, 0.15) is 5.82 Å². The third-order valence-electron chi connectivity index (χ3n) is 4.78. The zero-order valence-corrected chi connectivity index (χ0v) is 15.0. The van der Waals surface area contributed by atoms with Gasteiger partial charge in [0.05, 0.1) is 5.56 Å². The third-order valence-corrected chi connectivity index (χ3v) is 4.78. The van der Waals surface area contributed by atoms with Gasteiger partial charge >= 0.3 is 5.69 Å². The number of carbonyl (C=O) groups excluding carboxylic acids is 1. The molecular weight excluding hydrogens is 318 g/mol. The molecule has 25 heavy (non-hydrogen) atoms. The number of hydrogen-bond donors (Lipinski definition) is 1. The molecule has 130 valence electrons. The van der Waals surface area contributed by atoms with E-state index in [0.717, 1.165) is 15.7 Å². The minimum atomic E-state index is -0.500. The number of fused-ring (bicyclic) bond motifs is 1. The van der Waals surface area contributed by atoms with E-state index in [-0.39, 0.29) is 11.3 Å². The van der Waals surface area contributed by atoms with Crippen molar-refractivity contribution in [3.05, 3.63) is 73.1 Å². The van der Waals surface area contributed by atoms with E-state index in [0.29, 0.717) is 22.7 Å². The molecule has 0 amide bonds. The van der Waals surface area contributed by atoms with Crippen LogP contribution in [-0.4, -0.2) is 14.9 Å². The maximum absolute atomic E-state index is 12.9. The van der Waals surface area contributed by atoms with Crippen molar-refractivity contribution in [2.45, 2.75) is 26.7 Å². The molecule has 6 heteroatoms. The molecule has 0 spiro atoms. The molecule has 1 aromatic carbocycles. The Balaban J connectivity index is 2.42. The van der Waals surface area contributed by atoms with E-state index in [1.54, 1.807) is 14.0 Å². The molecule has 3 rings (SSSR count). The van der Waals surface area contributed by atoms with Gasteiger partial charge in [0.15, 0.2) is 5.78 Å². The summed E-state index contributed by atoms with van der Waals surface area (Å²) < 4.78 is 2.50. The molecule has 1 N–H and O–H groups in total. The second kappa shape index (κ2) is 5.88. The third kappa shape index (κ3) is 2.54. The van der Waals surface area contributed by atoms with Crippen molar-refractivity contribution in [1.82, 2.24) is 9.13 Å². The first-order valence-electron chi connectivity index (χ1n) is 8.09. The van der Waals surface area contributed by atoms with Crippen molar-refractivity contribution in [1.29, 1.82) is 0 Å². The molecule has 1 unspecified atom stereocenters. The van der Waals surface area contributed by atoms with Gasteiger partial charge in [0.25, 0.3) is 5.56 Å². The molecule has 0 fully saturated rings. The molecule has 0 saturated heterocycles. The fraction of sp³-hybridized carbons (Fsp3) is 0.316. The van der Waals surface area contributed by atoms with Gasteiger partial charge < -0.3 is 5.32 Å². The summed E-state index contributed by atoms with van der Waals surface area (Å²) in [7, 11) is 3.07. The number of anilines is 1. The summed E-state index contributed by atoms with van der Waals surface area (Å²) in [5.74, 6) is -0.154. The molecule has 0 aliphatic carbocycles. The fourth-order valence-corrected chi connectivity index (χ4v) is 3.45. The normalized spacial score (nSPS) is 16.4. The lowest BCUT2D eigenvalue weighted by Crippen LogP contribution is -2.43. The number of allylic oxidation sites excluding steroid dienone is 2. The largest absolute Gasteiger partial charge is 0.344 e. The first kappa shape index (κ1) is 17.0. The molecule has 0 bridgehead atoms. The Kier molecular flexibility index (Phi) is 3.99. The molecular formula is C19H21N3O3. The summed E-state index contributed by atoms with van der Waals surface area (Å²) in [6, 6.07) is 7.76. The summed E-state index contributed by atoms with van der Waals surface area (Å²) in [5, 5.41) is 3.09. The molecule has 1 aromatic heterocycles. The number of aromatic nitrogens is 2. The Bertz CT molecular complexity index is 1020. The number of carbonyl (C=O) groups is 1. The highest BCUT2D eigenvalue weighted by Gasteiger charge is 2.35. The molecule has 0 saturated carbocycles. The lowest BCUT2D eigenvalue weighted by Gasteiger charge is -2.30. The number of benzene rings is 1.